The molecule has 0 saturated heterocycles. The third-order valence-corrected chi connectivity index (χ3v) is 3.48. The number of hydrogen-bond acceptors (Lipinski definition) is 4. The molecule has 1 rings (SSSR count). The van der Waals surface area contributed by atoms with E-state index in [4.69, 9.17) is 9.47 Å². The Hall–Kier alpha value is -2.04. The number of rotatable bonds is 5. The summed E-state index contributed by atoms with van der Waals surface area (Å²) < 4.78 is 10.5. The minimum atomic E-state index is -0.631. The van der Waals surface area contributed by atoms with Gasteiger partial charge in [-0.05, 0) is 45.7 Å². The Bertz CT molecular complexity index is 548. The average Bonchev–Trinajstić information content (AvgIpc) is 2.43. The van der Waals surface area contributed by atoms with Crippen LogP contribution < -0.4 is 5.32 Å². The minimum Gasteiger partial charge on any atom is -0.461 e. The van der Waals surface area contributed by atoms with Crippen LogP contribution in [0.25, 0.3) is 0 Å². The van der Waals surface area contributed by atoms with Crippen molar-refractivity contribution in [3.8, 4) is 0 Å². The summed E-state index contributed by atoms with van der Waals surface area (Å²) >= 11 is 0. The summed E-state index contributed by atoms with van der Waals surface area (Å²) in [6.45, 7) is 11.0. The predicted octanol–water partition coefficient (Wildman–Crippen LogP) is 3.55. The summed E-state index contributed by atoms with van der Waals surface area (Å²) in [5.41, 5.74) is 1.71. The Balaban J connectivity index is 2.48. The zero-order valence-electron chi connectivity index (χ0n) is 14.8. The molecule has 1 N–H and O–H groups in total. The van der Waals surface area contributed by atoms with Crippen molar-refractivity contribution in [2.75, 3.05) is 6.54 Å². The van der Waals surface area contributed by atoms with Crippen LogP contribution in [0.5, 0.6) is 0 Å². The molecule has 1 aromatic rings. The van der Waals surface area contributed by atoms with Gasteiger partial charge in [-0.25, -0.2) is 4.79 Å². The van der Waals surface area contributed by atoms with Gasteiger partial charge in [0.05, 0.1) is 0 Å². The maximum Gasteiger partial charge on any atom is 0.408 e. The van der Waals surface area contributed by atoms with Gasteiger partial charge in [-0.3, -0.25) is 4.79 Å². The summed E-state index contributed by atoms with van der Waals surface area (Å²) in [7, 11) is 0. The zero-order chi connectivity index (χ0) is 17.6. The second kappa shape index (κ2) is 7.99. The molecule has 1 aromatic carbocycles. The van der Waals surface area contributed by atoms with Crippen molar-refractivity contribution in [2.45, 2.75) is 59.2 Å². The lowest BCUT2D eigenvalue weighted by molar-refractivity contribution is -0.148. The van der Waals surface area contributed by atoms with E-state index in [0.717, 1.165) is 11.1 Å². The summed E-state index contributed by atoms with van der Waals surface area (Å²) in [5, 5.41) is 2.40. The molecule has 0 aliphatic rings. The Morgan fingerprint density at radius 1 is 1.17 bits per heavy atom. The molecule has 0 bridgehead atoms. The normalized spacial score (nSPS) is 13.8. The fraction of sp³-hybridized carbons (Fsp3) is 0.556. The first-order chi connectivity index (χ1) is 10.6. The van der Waals surface area contributed by atoms with Gasteiger partial charge in [0.25, 0.3) is 0 Å². The Morgan fingerprint density at radius 2 is 1.78 bits per heavy atom. The minimum absolute atomic E-state index is 0.0710. The van der Waals surface area contributed by atoms with Crippen molar-refractivity contribution < 1.29 is 19.1 Å². The maximum absolute atomic E-state index is 11.9. The van der Waals surface area contributed by atoms with Crippen molar-refractivity contribution in [2.24, 2.45) is 0 Å². The zero-order valence-corrected chi connectivity index (χ0v) is 14.8. The highest BCUT2D eigenvalue weighted by atomic mass is 16.6. The summed E-state index contributed by atoms with van der Waals surface area (Å²) in [4.78, 5) is 23.4. The Kier molecular flexibility index (Phi) is 6.61. The van der Waals surface area contributed by atoms with Gasteiger partial charge in [-0.2, -0.15) is 0 Å². The molecular weight excluding hydrogens is 294 g/mol. The molecule has 5 heteroatoms. The van der Waals surface area contributed by atoms with Crippen LogP contribution in [0.2, 0.25) is 0 Å². The molecule has 0 radical (unpaired) electrons. The molecule has 1 amide bonds. The average molecular weight is 321 g/mol. The molecule has 0 fully saturated rings. The van der Waals surface area contributed by atoms with E-state index in [1.54, 1.807) is 20.8 Å². The number of carbonyl (C=O) groups excluding carboxylic acids is 2. The molecule has 0 aromatic heterocycles. The number of esters is 1. The van der Waals surface area contributed by atoms with E-state index in [0.29, 0.717) is 0 Å². The van der Waals surface area contributed by atoms with Gasteiger partial charge in [-0.15, -0.1) is 0 Å². The van der Waals surface area contributed by atoms with E-state index in [9.17, 15) is 9.59 Å². The lowest BCUT2D eigenvalue weighted by Crippen LogP contribution is -2.37. The van der Waals surface area contributed by atoms with Gasteiger partial charge in [-0.1, -0.05) is 31.2 Å². The van der Waals surface area contributed by atoms with E-state index < -0.39 is 17.7 Å². The SMILES string of the molecule is Cc1ccccc1[C@@H](C)[C@H](C)OC(=O)CNC(=O)OC(C)(C)C. The lowest BCUT2D eigenvalue weighted by atomic mass is 9.92. The number of benzene rings is 1. The van der Waals surface area contributed by atoms with Crippen LogP contribution >= 0.6 is 0 Å². The van der Waals surface area contributed by atoms with Crippen molar-refractivity contribution in [1.82, 2.24) is 5.32 Å². The first-order valence-corrected chi connectivity index (χ1v) is 7.82. The fourth-order valence-corrected chi connectivity index (χ4v) is 2.16. The molecule has 2 atom stereocenters. The van der Waals surface area contributed by atoms with Crippen LogP contribution in [0.15, 0.2) is 24.3 Å². The number of carbonyl (C=O) groups is 2. The molecule has 5 nitrogen and oxygen atoms in total. The second-order valence-electron chi connectivity index (χ2n) is 6.70. The largest absolute Gasteiger partial charge is 0.461 e. The first kappa shape index (κ1) is 19.0. The molecule has 23 heavy (non-hydrogen) atoms. The van der Waals surface area contributed by atoms with Gasteiger partial charge in [0.15, 0.2) is 0 Å². The van der Waals surface area contributed by atoms with Gasteiger partial charge in [0, 0.05) is 5.92 Å². The van der Waals surface area contributed by atoms with Crippen LogP contribution in [0, 0.1) is 6.92 Å². The van der Waals surface area contributed by atoms with Crippen LogP contribution in [-0.4, -0.2) is 30.3 Å². The van der Waals surface area contributed by atoms with E-state index in [1.165, 1.54) is 0 Å². The molecule has 0 unspecified atom stereocenters. The number of ether oxygens (including phenoxy) is 2. The predicted molar refractivity (Wildman–Crippen MR) is 89.4 cm³/mol. The summed E-state index contributed by atoms with van der Waals surface area (Å²) in [6, 6.07) is 8.01. The molecule has 0 aliphatic heterocycles. The fourth-order valence-electron chi connectivity index (χ4n) is 2.16. The van der Waals surface area contributed by atoms with Gasteiger partial charge in [0.1, 0.15) is 18.2 Å². The highest BCUT2D eigenvalue weighted by Crippen LogP contribution is 2.24. The van der Waals surface area contributed by atoms with Gasteiger partial charge in [0.2, 0.25) is 0 Å². The molecule has 0 saturated carbocycles. The van der Waals surface area contributed by atoms with Crippen molar-refractivity contribution >= 4 is 12.1 Å². The van der Waals surface area contributed by atoms with Crippen LogP contribution in [-0.2, 0) is 14.3 Å². The smallest absolute Gasteiger partial charge is 0.408 e. The number of nitrogens with one attached hydrogen (secondary N) is 1. The van der Waals surface area contributed by atoms with E-state index in [-0.39, 0.29) is 18.6 Å². The van der Waals surface area contributed by atoms with Crippen LogP contribution in [0.3, 0.4) is 0 Å². The Labute approximate surface area is 138 Å². The van der Waals surface area contributed by atoms with E-state index in [1.807, 2.05) is 45.0 Å². The topological polar surface area (TPSA) is 64.6 Å². The maximum atomic E-state index is 11.9. The van der Waals surface area contributed by atoms with Crippen molar-refractivity contribution in [1.29, 1.82) is 0 Å². The molecule has 0 spiro atoms. The van der Waals surface area contributed by atoms with Crippen molar-refractivity contribution in [3.63, 3.8) is 0 Å². The van der Waals surface area contributed by atoms with Gasteiger partial charge < -0.3 is 14.8 Å². The van der Waals surface area contributed by atoms with Crippen LogP contribution in [0.1, 0.15) is 51.7 Å². The number of amides is 1. The number of aryl methyl sites for hydroxylation is 1. The highest BCUT2D eigenvalue weighted by molar-refractivity contribution is 5.78. The van der Waals surface area contributed by atoms with E-state index >= 15 is 0 Å². The van der Waals surface area contributed by atoms with E-state index in [2.05, 4.69) is 5.32 Å². The molecule has 128 valence electrons. The first-order valence-electron chi connectivity index (χ1n) is 7.82. The second-order valence-corrected chi connectivity index (χ2v) is 6.70. The molecular formula is C18H27NO4. The number of hydrogen-bond donors (Lipinski definition) is 1. The number of alkyl carbamates (subject to hydrolysis) is 1. The summed E-state index contributed by atoms with van der Waals surface area (Å²) in [6.07, 6.45) is -0.918. The van der Waals surface area contributed by atoms with Gasteiger partial charge >= 0.3 is 12.1 Å². The summed E-state index contributed by atoms with van der Waals surface area (Å²) in [5.74, 6) is -0.412. The third kappa shape index (κ3) is 6.72. The van der Waals surface area contributed by atoms with Crippen molar-refractivity contribution in [3.05, 3.63) is 35.4 Å². The third-order valence-electron chi connectivity index (χ3n) is 3.48. The van der Waals surface area contributed by atoms with Crippen LogP contribution in [0.4, 0.5) is 4.79 Å². The standard InChI is InChI=1S/C18H27NO4/c1-12-9-7-8-10-15(12)13(2)14(3)22-16(20)11-19-17(21)23-18(4,5)6/h7-10,13-14H,11H2,1-6H3,(H,19,21)/t13-,14-/m0/s1. The quantitative estimate of drug-likeness (QED) is 0.842. The lowest BCUT2D eigenvalue weighted by Gasteiger charge is -2.23. The highest BCUT2D eigenvalue weighted by Gasteiger charge is 2.21. The monoisotopic (exact) mass is 321 g/mol. The molecule has 0 aliphatic carbocycles. The Morgan fingerprint density at radius 3 is 2.35 bits per heavy atom. The molecule has 0 heterocycles.